The molecule has 5 unspecified atom stereocenters. The number of nitrogens with zero attached hydrogens (tertiary/aromatic N) is 1. The summed E-state index contributed by atoms with van der Waals surface area (Å²) in [5.41, 5.74) is 23.6. The predicted octanol–water partition coefficient (Wildman–Crippen LogP) is -2.72. The lowest BCUT2D eigenvalue weighted by atomic mass is 10.0. The van der Waals surface area contributed by atoms with Crippen molar-refractivity contribution in [3.8, 4) is 0 Å². The van der Waals surface area contributed by atoms with Gasteiger partial charge in [-0.3, -0.25) is 24.2 Å². The molecule has 1 aromatic heterocycles. The molecular formula is C26H39N9O7. The van der Waals surface area contributed by atoms with Gasteiger partial charge >= 0.3 is 5.97 Å². The second-order valence-corrected chi connectivity index (χ2v) is 9.81. The molecule has 0 bridgehead atoms. The highest BCUT2D eigenvalue weighted by atomic mass is 16.4. The van der Waals surface area contributed by atoms with Crippen LogP contribution in [-0.4, -0.2) is 87.6 Å². The van der Waals surface area contributed by atoms with Crippen LogP contribution in [-0.2, 0) is 30.4 Å². The van der Waals surface area contributed by atoms with Crippen LogP contribution in [0.3, 0.4) is 0 Å². The number of aromatic amines is 1. The maximum absolute atomic E-state index is 13.2. The van der Waals surface area contributed by atoms with Gasteiger partial charge in [-0.15, -0.1) is 0 Å². The first-order chi connectivity index (χ1) is 19.8. The molecule has 0 aliphatic rings. The number of aliphatic hydroxyl groups is 1. The number of aliphatic carboxylic acids is 1. The van der Waals surface area contributed by atoms with Crippen molar-refractivity contribution in [1.82, 2.24) is 20.9 Å². The van der Waals surface area contributed by atoms with Crippen LogP contribution >= 0.6 is 0 Å². The molecule has 5 atom stereocenters. The number of rotatable bonds is 17. The zero-order chi connectivity index (χ0) is 31.4. The van der Waals surface area contributed by atoms with Crippen molar-refractivity contribution in [2.45, 2.75) is 69.3 Å². The molecule has 16 nitrogen and oxygen atoms in total. The Labute approximate surface area is 241 Å². The number of nitrogens with two attached hydrogens (primary N) is 4. The number of carbonyl (C=O) groups excluding carboxylic acids is 4. The van der Waals surface area contributed by atoms with E-state index in [-0.39, 0.29) is 44.6 Å². The fraction of sp³-hybridized carbons (Fsp3) is 0.462. The van der Waals surface area contributed by atoms with Crippen molar-refractivity contribution >= 4 is 46.5 Å². The molecule has 42 heavy (non-hydrogen) atoms. The molecule has 0 fully saturated rings. The van der Waals surface area contributed by atoms with Gasteiger partial charge in [-0.2, -0.15) is 0 Å². The van der Waals surface area contributed by atoms with Crippen LogP contribution < -0.4 is 38.9 Å². The number of aromatic nitrogens is 1. The van der Waals surface area contributed by atoms with E-state index in [1.165, 1.54) is 6.92 Å². The lowest BCUT2D eigenvalue weighted by Gasteiger charge is -2.26. The highest BCUT2D eigenvalue weighted by Crippen LogP contribution is 2.19. The second kappa shape index (κ2) is 15.9. The number of H-pyrrole nitrogens is 1. The van der Waals surface area contributed by atoms with Crippen LogP contribution in [0.4, 0.5) is 0 Å². The Balaban J connectivity index is 2.15. The Morgan fingerprint density at radius 1 is 0.952 bits per heavy atom. The number of fused-ring (bicyclic) bond motifs is 1. The number of nitrogens with one attached hydrogen (secondary N) is 4. The fourth-order valence-corrected chi connectivity index (χ4v) is 4.15. The number of carbonyl (C=O) groups is 5. The van der Waals surface area contributed by atoms with E-state index in [1.807, 2.05) is 24.3 Å². The Hall–Kier alpha value is -4.70. The number of carboxylic acid groups (broad SMARTS) is 1. The molecular weight excluding hydrogens is 550 g/mol. The normalized spacial score (nSPS) is 14.5. The number of hydrogen-bond acceptors (Lipinski definition) is 8. The van der Waals surface area contributed by atoms with Gasteiger partial charge in [-0.05, 0) is 44.2 Å². The molecule has 1 aromatic carbocycles. The third kappa shape index (κ3) is 10.4. The van der Waals surface area contributed by atoms with Gasteiger partial charge in [0, 0.05) is 30.1 Å². The zero-order valence-corrected chi connectivity index (χ0v) is 23.2. The maximum Gasteiger partial charge on any atom is 0.326 e. The molecule has 4 amide bonds. The first-order valence-corrected chi connectivity index (χ1v) is 13.3. The summed E-state index contributed by atoms with van der Waals surface area (Å²) in [6.45, 7) is 1.36. The monoisotopic (exact) mass is 589 g/mol. The lowest BCUT2D eigenvalue weighted by Crippen LogP contribution is -2.60. The molecule has 1 heterocycles. The average molecular weight is 590 g/mol. The van der Waals surface area contributed by atoms with E-state index in [2.05, 4.69) is 25.9 Å². The topological polar surface area (TPSA) is 294 Å². The van der Waals surface area contributed by atoms with Gasteiger partial charge in [0.1, 0.15) is 18.1 Å². The summed E-state index contributed by atoms with van der Waals surface area (Å²) in [6.07, 6.45) is 0.143. The van der Waals surface area contributed by atoms with Gasteiger partial charge in [-0.25, -0.2) is 4.79 Å². The molecule has 0 radical (unpaired) electrons. The van der Waals surface area contributed by atoms with Gasteiger partial charge in [0.25, 0.3) is 0 Å². The minimum absolute atomic E-state index is 0.0403. The average Bonchev–Trinajstić information content (AvgIpc) is 3.32. The van der Waals surface area contributed by atoms with Crippen molar-refractivity contribution in [2.75, 3.05) is 6.54 Å². The van der Waals surface area contributed by atoms with E-state index in [1.54, 1.807) is 6.20 Å². The molecule has 0 saturated carbocycles. The molecule has 0 saturated heterocycles. The Morgan fingerprint density at radius 3 is 2.24 bits per heavy atom. The van der Waals surface area contributed by atoms with Crippen LogP contribution in [0.15, 0.2) is 35.5 Å². The fourth-order valence-electron chi connectivity index (χ4n) is 4.15. The summed E-state index contributed by atoms with van der Waals surface area (Å²) in [5, 5.41) is 27.6. The highest BCUT2D eigenvalue weighted by molar-refractivity contribution is 5.94. The highest BCUT2D eigenvalue weighted by Gasteiger charge is 2.32. The van der Waals surface area contributed by atoms with E-state index < -0.39 is 59.9 Å². The predicted molar refractivity (Wildman–Crippen MR) is 153 cm³/mol. The minimum Gasteiger partial charge on any atom is -0.480 e. The third-order valence-electron chi connectivity index (χ3n) is 6.39. The standard InChI is InChI=1S/C26H39N9O7/c1-13(36)21(24(40)34-19(25(41)42)8-9-20(28)37)35-23(39)18(7-4-10-31-26(29)30)33-22(38)16(27)11-14-12-32-17-6-3-2-5-15(14)17/h2-3,5-6,12-13,16,18-19,21,32,36H,4,7-11,27H2,1H3,(H2,28,37)(H,33,38)(H,34,40)(H,35,39)(H,41,42)(H4,29,30,31). The van der Waals surface area contributed by atoms with E-state index in [0.29, 0.717) is 0 Å². The summed E-state index contributed by atoms with van der Waals surface area (Å²) in [7, 11) is 0. The second-order valence-electron chi connectivity index (χ2n) is 9.81. The van der Waals surface area contributed by atoms with Crippen molar-refractivity contribution in [3.63, 3.8) is 0 Å². The van der Waals surface area contributed by atoms with Crippen molar-refractivity contribution in [3.05, 3.63) is 36.0 Å². The number of hydrogen-bond donors (Lipinski definition) is 10. The Bertz CT molecular complexity index is 1290. The molecule has 2 aromatic rings. The SMILES string of the molecule is CC(O)C(NC(=O)C(CCCN=C(N)N)NC(=O)C(N)Cc1c[nH]c2ccccc12)C(=O)NC(CCC(N)=O)C(=O)O. The number of aliphatic imine (C=N–C) groups is 1. The lowest BCUT2D eigenvalue weighted by molar-refractivity contribution is -0.143. The van der Waals surface area contributed by atoms with E-state index in [0.717, 1.165) is 16.5 Å². The smallest absolute Gasteiger partial charge is 0.326 e. The molecule has 14 N–H and O–H groups in total. The molecule has 0 aliphatic heterocycles. The molecule has 0 aliphatic carbocycles. The van der Waals surface area contributed by atoms with E-state index in [4.69, 9.17) is 22.9 Å². The summed E-state index contributed by atoms with van der Waals surface area (Å²) >= 11 is 0. The summed E-state index contributed by atoms with van der Waals surface area (Å²) in [5.74, 6) is -4.85. The van der Waals surface area contributed by atoms with Crippen LogP contribution in [0.2, 0.25) is 0 Å². The third-order valence-corrected chi connectivity index (χ3v) is 6.39. The zero-order valence-electron chi connectivity index (χ0n) is 23.2. The van der Waals surface area contributed by atoms with Gasteiger partial charge in [-0.1, -0.05) is 18.2 Å². The van der Waals surface area contributed by atoms with Crippen molar-refractivity contribution < 1.29 is 34.2 Å². The first-order valence-electron chi connectivity index (χ1n) is 13.3. The minimum atomic E-state index is -1.59. The maximum atomic E-state index is 13.2. The van der Waals surface area contributed by atoms with Crippen LogP contribution in [0.5, 0.6) is 0 Å². The van der Waals surface area contributed by atoms with Gasteiger partial charge < -0.3 is 54.1 Å². The number of primary amides is 1. The molecule has 16 heteroatoms. The largest absolute Gasteiger partial charge is 0.480 e. The number of benzene rings is 1. The summed E-state index contributed by atoms with van der Waals surface area (Å²) in [6, 6.07) is 2.15. The number of aliphatic hydroxyl groups excluding tert-OH is 1. The van der Waals surface area contributed by atoms with Crippen LogP contribution in [0.25, 0.3) is 10.9 Å². The van der Waals surface area contributed by atoms with Crippen LogP contribution in [0.1, 0.15) is 38.2 Å². The van der Waals surface area contributed by atoms with E-state index >= 15 is 0 Å². The molecule has 230 valence electrons. The summed E-state index contributed by atoms with van der Waals surface area (Å²) in [4.78, 5) is 68.7. The molecule has 0 spiro atoms. The first kappa shape index (κ1) is 33.5. The van der Waals surface area contributed by atoms with E-state index in [9.17, 15) is 34.2 Å². The summed E-state index contributed by atoms with van der Waals surface area (Å²) < 4.78 is 0. The van der Waals surface area contributed by atoms with Gasteiger partial charge in [0.05, 0.1) is 12.1 Å². The van der Waals surface area contributed by atoms with Crippen molar-refractivity contribution in [2.24, 2.45) is 27.9 Å². The number of para-hydroxylation sites is 1. The molecule has 2 rings (SSSR count). The quantitative estimate of drug-likeness (QED) is 0.0516. The Kier molecular flexibility index (Phi) is 12.7. The number of guanidine groups is 1. The van der Waals surface area contributed by atoms with Gasteiger partial charge in [0.15, 0.2) is 5.96 Å². The number of amides is 4. The van der Waals surface area contributed by atoms with Gasteiger partial charge in [0.2, 0.25) is 23.6 Å². The van der Waals surface area contributed by atoms with Crippen molar-refractivity contribution in [1.29, 1.82) is 0 Å². The Morgan fingerprint density at radius 2 is 1.62 bits per heavy atom. The number of carboxylic acids is 1. The van der Waals surface area contributed by atoms with Crippen LogP contribution in [0, 0.1) is 0 Å².